The molecule has 2 fully saturated rings. The van der Waals surface area contributed by atoms with Crippen LogP contribution in [0.2, 0.25) is 0 Å². The largest absolute Gasteiger partial charge is 0.406 e. The van der Waals surface area contributed by atoms with Crippen molar-refractivity contribution in [1.29, 1.82) is 0 Å². The molecule has 1 aliphatic heterocycles. The number of carbonyl (C=O) groups is 1. The Morgan fingerprint density at radius 2 is 2.05 bits per heavy atom. The minimum Gasteiger partial charge on any atom is -0.363 e. The van der Waals surface area contributed by atoms with E-state index in [1.807, 2.05) is 6.92 Å². The van der Waals surface area contributed by atoms with Crippen molar-refractivity contribution in [2.45, 2.75) is 44.5 Å². The molecule has 1 unspecified atom stereocenters. The van der Waals surface area contributed by atoms with Crippen molar-refractivity contribution in [2.24, 2.45) is 5.92 Å². The van der Waals surface area contributed by atoms with Crippen molar-refractivity contribution in [3.05, 3.63) is 0 Å². The highest BCUT2D eigenvalue weighted by molar-refractivity contribution is 5.78. The summed E-state index contributed by atoms with van der Waals surface area (Å²) >= 11 is 0. The number of hydrogen-bond acceptors (Lipinski definition) is 3. The number of carbonyl (C=O) groups excluding carboxylic acids is 1. The summed E-state index contributed by atoms with van der Waals surface area (Å²) in [4.78, 5) is 13.0. The molecule has 0 radical (unpaired) electrons. The minimum absolute atomic E-state index is 0.197. The fourth-order valence-corrected chi connectivity index (χ4v) is 2.38. The Bertz CT molecular complexity index is 365. The summed E-state index contributed by atoms with van der Waals surface area (Å²) in [6.45, 7) is 3.30. The molecule has 1 aliphatic carbocycles. The summed E-state index contributed by atoms with van der Waals surface area (Å²) in [6, 6.07) is -0.375. The summed E-state index contributed by atoms with van der Waals surface area (Å²) in [5.74, 6) is -0.378. The maximum Gasteiger partial charge on any atom is 0.406 e. The molecule has 0 aromatic carbocycles. The first-order valence-electron chi connectivity index (χ1n) is 6.91. The highest BCUT2D eigenvalue weighted by atomic mass is 19.4. The lowest BCUT2D eigenvalue weighted by Crippen LogP contribution is -2.60. The van der Waals surface area contributed by atoms with Crippen LogP contribution in [0, 0.1) is 5.92 Å². The van der Waals surface area contributed by atoms with Gasteiger partial charge in [-0.05, 0) is 32.6 Å². The van der Waals surface area contributed by atoms with Crippen molar-refractivity contribution < 1.29 is 22.7 Å². The van der Waals surface area contributed by atoms with Crippen molar-refractivity contribution >= 4 is 5.91 Å². The van der Waals surface area contributed by atoms with E-state index in [1.54, 1.807) is 6.92 Å². The number of nitrogens with one attached hydrogen (secondary N) is 1. The van der Waals surface area contributed by atoms with Crippen LogP contribution >= 0.6 is 0 Å². The van der Waals surface area contributed by atoms with Gasteiger partial charge in [-0.3, -0.25) is 4.79 Å². The smallest absolute Gasteiger partial charge is 0.363 e. The quantitative estimate of drug-likeness (QED) is 0.808. The van der Waals surface area contributed by atoms with Crippen LogP contribution in [0.25, 0.3) is 0 Å². The molecule has 0 spiro atoms. The second-order valence-electron chi connectivity index (χ2n) is 6.06. The van der Waals surface area contributed by atoms with E-state index in [2.05, 4.69) is 5.32 Å². The van der Waals surface area contributed by atoms with E-state index in [4.69, 9.17) is 4.74 Å². The van der Waals surface area contributed by atoms with Crippen LogP contribution in [0.5, 0.6) is 0 Å². The van der Waals surface area contributed by atoms with E-state index < -0.39 is 24.2 Å². The molecule has 1 saturated carbocycles. The van der Waals surface area contributed by atoms with E-state index in [9.17, 15) is 18.0 Å². The lowest BCUT2D eigenvalue weighted by atomic mass is 10.0. The zero-order valence-electron chi connectivity index (χ0n) is 11.8. The number of halogens is 3. The van der Waals surface area contributed by atoms with Gasteiger partial charge < -0.3 is 15.0 Å². The fraction of sp³-hybridized carbons (Fsp3) is 0.923. The molecule has 1 atom stereocenters. The summed E-state index contributed by atoms with van der Waals surface area (Å²) in [6.07, 6.45) is -2.59. The number of hydrogen-bond donors (Lipinski definition) is 1. The Morgan fingerprint density at radius 1 is 1.45 bits per heavy atom. The minimum atomic E-state index is -4.37. The molecule has 1 saturated heterocycles. The van der Waals surface area contributed by atoms with Gasteiger partial charge in [0.2, 0.25) is 5.91 Å². The third kappa shape index (κ3) is 4.09. The molecule has 0 aromatic rings. The number of nitrogens with zero attached hydrogens (tertiary/aromatic N) is 1. The number of rotatable bonds is 6. The summed E-state index contributed by atoms with van der Waals surface area (Å²) < 4.78 is 43.3. The zero-order chi connectivity index (χ0) is 15.0. The molecule has 7 heteroatoms. The molecular formula is C13H21F3N2O2. The molecular weight excluding hydrogens is 273 g/mol. The van der Waals surface area contributed by atoms with Crippen LogP contribution in [-0.4, -0.2) is 54.9 Å². The lowest BCUT2D eigenvalue weighted by molar-refractivity contribution is -0.173. The van der Waals surface area contributed by atoms with Gasteiger partial charge in [-0.1, -0.05) is 0 Å². The van der Waals surface area contributed by atoms with Gasteiger partial charge in [-0.15, -0.1) is 0 Å². The summed E-state index contributed by atoms with van der Waals surface area (Å²) in [5.41, 5.74) is -0.428. The SMILES string of the molecule is CC(C1CC1)N(CC(F)(F)F)C(=O)COC1(C)CNC1. The summed E-state index contributed by atoms with van der Waals surface area (Å²) in [5, 5.41) is 3.01. The van der Waals surface area contributed by atoms with Gasteiger partial charge in [-0.25, -0.2) is 0 Å². The molecule has 1 amide bonds. The van der Waals surface area contributed by atoms with Crippen molar-refractivity contribution in [2.75, 3.05) is 26.2 Å². The maximum atomic E-state index is 12.6. The molecule has 0 aromatic heterocycles. The van der Waals surface area contributed by atoms with Gasteiger partial charge in [0.15, 0.2) is 0 Å². The van der Waals surface area contributed by atoms with Gasteiger partial charge >= 0.3 is 6.18 Å². The van der Waals surface area contributed by atoms with Gasteiger partial charge in [0.05, 0.1) is 5.60 Å². The molecule has 116 valence electrons. The monoisotopic (exact) mass is 294 g/mol. The predicted octanol–water partition coefficient (Wildman–Crippen LogP) is 1.55. The maximum absolute atomic E-state index is 12.6. The van der Waals surface area contributed by atoms with Crippen LogP contribution < -0.4 is 5.32 Å². The molecule has 1 heterocycles. The topological polar surface area (TPSA) is 41.6 Å². The highest BCUT2D eigenvalue weighted by Gasteiger charge is 2.41. The molecule has 4 nitrogen and oxygen atoms in total. The van der Waals surface area contributed by atoms with Crippen molar-refractivity contribution in [1.82, 2.24) is 10.2 Å². The Kier molecular flexibility index (Phi) is 4.30. The second kappa shape index (κ2) is 5.52. The van der Waals surface area contributed by atoms with Gasteiger partial charge in [0, 0.05) is 19.1 Å². The van der Waals surface area contributed by atoms with Crippen molar-refractivity contribution in [3.63, 3.8) is 0 Å². The average Bonchev–Trinajstić information content (AvgIpc) is 3.12. The first-order valence-corrected chi connectivity index (χ1v) is 6.91. The first kappa shape index (κ1) is 15.6. The average molecular weight is 294 g/mol. The lowest BCUT2D eigenvalue weighted by Gasteiger charge is -2.39. The van der Waals surface area contributed by atoms with Crippen LogP contribution in [0.3, 0.4) is 0 Å². The Morgan fingerprint density at radius 3 is 2.45 bits per heavy atom. The first-order chi connectivity index (χ1) is 9.20. The highest BCUT2D eigenvalue weighted by Crippen LogP contribution is 2.36. The van der Waals surface area contributed by atoms with E-state index in [0.29, 0.717) is 13.1 Å². The van der Waals surface area contributed by atoms with Gasteiger partial charge in [0.1, 0.15) is 13.2 Å². The van der Waals surface area contributed by atoms with Crippen LogP contribution in [0.4, 0.5) is 13.2 Å². The molecule has 2 rings (SSSR count). The summed E-state index contributed by atoms with van der Waals surface area (Å²) in [7, 11) is 0. The Hall–Kier alpha value is -0.820. The number of alkyl halides is 3. The van der Waals surface area contributed by atoms with Gasteiger partial charge in [-0.2, -0.15) is 13.2 Å². The second-order valence-corrected chi connectivity index (χ2v) is 6.06. The third-order valence-electron chi connectivity index (χ3n) is 4.01. The van der Waals surface area contributed by atoms with E-state index in [-0.39, 0.29) is 18.6 Å². The molecule has 20 heavy (non-hydrogen) atoms. The van der Waals surface area contributed by atoms with E-state index >= 15 is 0 Å². The zero-order valence-corrected chi connectivity index (χ0v) is 11.8. The number of ether oxygens (including phenoxy) is 1. The van der Waals surface area contributed by atoms with E-state index in [0.717, 1.165) is 17.7 Å². The molecule has 0 bridgehead atoms. The van der Waals surface area contributed by atoms with Crippen molar-refractivity contribution in [3.8, 4) is 0 Å². The molecule has 2 aliphatic rings. The normalized spacial score (nSPS) is 23.1. The standard InChI is InChI=1S/C13H21F3N2O2/c1-9(10-3-4-10)18(8-13(14,15)16)11(19)5-20-12(2)6-17-7-12/h9-10,17H,3-8H2,1-2H3. The Labute approximate surface area is 116 Å². The number of amides is 1. The van der Waals surface area contributed by atoms with Crippen LogP contribution in [0.15, 0.2) is 0 Å². The van der Waals surface area contributed by atoms with Gasteiger partial charge in [0.25, 0.3) is 0 Å². The van der Waals surface area contributed by atoms with E-state index in [1.165, 1.54) is 0 Å². The predicted molar refractivity (Wildman–Crippen MR) is 67.2 cm³/mol. The molecule has 1 N–H and O–H groups in total. The Balaban J connectivity index is 1.91. The fourth-order valence-electron chi connectivity index (χ4n) is 2.38. The van der Waals surface area contributed by atoms with Crippen LogP contribution in [-0.2, 0) is 9.53 Å². The third-order valence-corrected chi connectivity index (χ3v) is 4.01. The van der Waals surface area contributed by atoms with Crippen LogP contribution in [0.1, 0.15) is 26.7 Å².